The lowest BCUT2D eigenvalue weighted by Crippen LogP contribution is -2.15. The van der Waals surface area contributed by atoms with Crippen LogP contribution in [0.25, 0.3) is 0 Å². The van der Waals surface area contributed by atoms with Crippen LogP contribution in [0.2, 0.25) is 0 Å². The van der Waals surface area contributed by atoms with E-state index in [2.05, 4.69) is 20.5 Å². The molecule has 0 aliphatic carbocycles. The van der Waals surface area contributed by atoms with E-state index in [0.29, 0.717) is 5.82 Å². The molecular weight excluding hydrogens is 218 g/mol. The van der Waals surface area contributed by atoms with Crippen LogP contribution in [0.1, 0.15) is 16.2 Å². The molecule has 6 heteroatoms. The quantitative estimate of drug-likeness (QED) is 0.801. The standard InChI is InChI=1S/C11H11N5O/c1-7-3-2-4-10(13-7)14-11(17)8-5-6-9(12)16-15-8/h2-6H,1H3,(H2,12,16)(H,13,14,17). The van der Waals surface area contributed by atoms with Crippen LogP contribution in [-0.4, -0.2) is 21.1 Å². The Morgan fingerprint density at radius 1 is 1.24 bits per heavy atom. The van der Waals surface area contributed by atoms with Crippen molar-refractivity contribution in [1.29, 1.82) is 0 Å². The summed E-state index contributed by atoms with van der Waals surface area (Å²) in [7, 11) is 0. The highest BCUT2D eigenvalue weighted by molar-refractivity contribution is 6.02. The van der Waals surface area contributed by atoms with Gasteiger partial charge in [0.15, 0.2) is 5.69 Å². The van der Waals surface area contributed by atoms with Gasteiger partial charge in [-0.15, -0.1) is 10.2 Å². The van der Waals surface area contributed by atoms with Crippen LogP contribution in [0, 0.1) is 6.92 Å². The first-order valence-corrected chi connectivity index (χ1v) is 4.99. The highest BCUT2D eigenvalue weighted by atomic mass is 16.2. The van der Waals surface area contributed by atoms with Crippen LogP contribution < -0.4 is 11.1 Å². The van der Waals surface area contributed by atoms with Crippen molar-refractivity contribution in [1.82, 2.24) is 15.2 Å². The summed E-state index contributed by atoms with van der Waals surface area (Å²) < 4.78 is 0. The summed E-state index contributed by atoms with van der Waals surface area (Å²) in [6, 6.07) is 8.39. The molecule has 3 N–H and O–H groups in total. The monoisotopic (exact) mass is 229 g/mol. The summed E-state index contributed by atoms with van der Waals surface area (Å²) in [4.78, 5) is 15.9. The molecule has 0 unspecified atom stereocenters. The van der Waals surface area contributed by atoms with Crippen molar-refractivity contribution in [2.45, 2.75) is 6.92 Å². The van der Waals surface area contributed by atoms with Gasteiger partial charge in [-0.1, -0.05) is 6.07 Å². The minimum Gasteiger partial charge on any atom is -0.382 e. The molecule has 0 bridgehead atoms. The highest BCUT2D eigenvalue weighted by Crippen LogP contribution is 2.06. The van der Waals surface area contributed by atoms with Gasteiger partial charge >= 0.3 is 0 Å². The molecule has 86 valence electrons. The molecule has 0 aliphatic rings. The van der Waals surface area contributed by atoms with E-state index < -0.39 is 0 Å². The lowest BCUT2D eigenvalue weighted by Gasteiger charge is -2.03. The summed E-state index contributed by atoms with van der Waals surface area (Å²) in [5.74, 6) is 0.388. The first kappa shape index (κ1) is 11.0. The number of hydrogen-bond acceptors (Lipinski definition) is 5. The predicted molar refractivity (Wildman–Crippen MR) is 63.4 cm³/mol. The summed E-state index contributed by atoms with van der Waals surface area (Å²) in [6.45, 7) is 1.85. The Hall–Kier alpha value is -2.50. The van der Waals surface area contributed by atoms with Gasteiger partial charge in [0.05, 0.1) is 0 Å². The maximum absolute atomic E-state index is 11.7. The second kappa shape index (κ2) is 4.56. The lowest BCUT2D eigenvalue weighted by molar-refractivity contribution is 0.102. The molecule has 6 nitrogen and oxygen atoms in total. The average molecular weight is 229 g/mol. The Bertz CT molecular complexity index is 538. The third kappa shape index (κ3) is 2.75. The van der Waals surface area contributed by atoms with Crippen molar-refractivity contribution in [3.8, 4) is 0 Å². The molecule has 0 fully saturated rings. The molecule has 0 spiro atoms. The summed E-state index contributed by atoms with van der Waals surface area (Å²) >= 11 is 0. The molecule has 2 heterocycles. The van der Waals surface area contributed by atoms with Crippen LogP contribution in [0.15, 0.2) is 30.3 Å². The number of nitrogens with zero attached hydrogens (tertiary/aromatic N) is 3. The van der Waals surface area contributed by atoms with E-state index >= 15 is 0 Å². The number of pyridine rings is 1. The van der Waals surface area contributed by atoms with Gasteiger partial charge in [-0.3, -0.25) is 4.79 Å². The molecule has 0 aliphatic heterocycles. The minimum atomic E-state index is -0.365. The van der Waals surface area contributed by atoms with Crippen LogP contribution in [-0.2, 0) is 0 Å². The molecule has 2 aromatic heterocycles. The van der Waals surface area contributed by atoms with Gasteiger partial charge in [-0.2, -0.15) is 0 Å². The SMILES string of the molecule is Cc1cccc(NC(=O)c2ccc(N)nn2)n1. The second-order valence-electron chi connectivity index (χ2n) is 3.46. The third-order valence-corrected chi connectivity index (χ3v) is 2.05. The van der Waals surface area contributed by atoms with E-state index in [1.165, 1.54) is 12.1 Å². The van der Waals surface area contributed by atoms with E-state index in [1.54, 1.807) is 6.07 Å². The number of nitrogens with two attached hydrogens (primary N) is 1. The van der Waals surface area contributed by atoms with E-state index in [1.807, 2.05) is 19.1 Å². The molecule has 2 rings (SSSR count). The van der Waals surface area contributed by atoms with Gasteiger partial charge in [-0.05, 0) is 31.2 Å². The van der Waals surface area contributed by atoms with Gasteiger partial charge in [0.25, 0.3) is 5.91 Å². The second-order valence-corrected chi connectivity index (χ2v) is 3.46. The zero-order valence-corrected chi connectivity index (χ0v) is 9.21. The summed E-state index contributed by atoms with van der Waals surface area (Å²) in [5, 5.41) is 9.91. The Morgan fingerprint density at radius 2 is 2.06 bits per heavy atom. The molecule has 2 aromatic rings. The minimum absolute atomic E-state index is 0.197. The number of rotatable bonds is 2. The number of aromatic nitrogens is 3. The normalized spacial score (nSPS) is 9.94. The van der Waals surface area contributed by atoms with Crippen molar-refractivity contribution in [3.63, 3.8) is 0 Å². The first-order chi connectivity index (χ1) is 8.15. The van der Waals surface area contributed by atoms with Gasteiger partial charge in [-0.25, -0.2) is 4.98 Å². The average Bonchev–Trinajstić information content (AvgIpc) is 2.29. The van der Waals surface area contributed by atoms with Crippen LogP contribution >= 0.6 is 0 Å². The number of nitrogens with one attached hydrogen (secondary N) is 1. The number of hydrogen-bond donors (Lipinski definition) is 2. The molecule has 0 saturated heterocycles. The third-order valence-electron chi connectivity index (χ3n) is 2.05. The summed E-state index contributed by atoms with van der Waals surface area (Å²) in [5.41, 5.74) is 6.40. The van der Waals surface area contributed by atoms with Crippen molar-refractivity contribution in [2.24, 2.45) is 0 Å². The van der Waals surface area contributed by atoms with Gasteiger partial charge in [0.1, 0.15) is 11.6 Å². The van der Waals surface area contributed by atoms with Gasteiger partial charge in [0.2, 0.25) is 0 Å². The largest absolute Gasteiger partial charge is 0.382 e. The van der Waals surface area contributed by atoms with Crippen molar-refractivity contribution < 1.29 is 4.79 Å². The predicted octanol–water partition coefficient (Wildman–Crippen LogP) is 1.01. The van der Waals surface area contributed by atoms with Crippen molar-refractivity contribution in [2.75, 3.05) is 11.1 Å². The van der Waals surface area contributed by atoms with Gasteiger partial charge in [0, 0.05) is 5.69 Å². The maximum atomic E-state index is 11.7. The molecule has 0 aromatic carbocycles. The lowest BCUT2D eigenvalue weighted by atomic mass is 10.3. The van der Waals surface area contributed by atoms with E-state index in [0.717, 1.165) is 5.69 Å². The molecule has 0 saturated carbocycles. The number of carbonyl (C=O) groups is 1. The fourth-order valence-corrected chi connectivity index (χ4v) is 1.26. The Balaban J connectivity index is 2.14. The Labute approximate surface area is 97.9 Å². The number of amides is 1. The molecule has 17 heavy (non-hydrogen) atoms. The maximum Gasteiger partial charge on any atom is 0.277 e. The van der Waals surface area contributed by atoms with Crippen LogP contribution in [0.3, 0.4) is 0 Å². The number of carbonyl (C=O) groups excluding carboxylic acids is 1. The van der Waals surface area contributed by atoms with Crippen molar-refractivity contribution >= 4 is 17.5 Å². The Kier molecular flexibility index (Phi) is 2.95. The van der Waals surface area contributed by atoms with Crippen LogP contribution in [0.4, 0.5) is 11.6 Å². The number of aryl methyl sites for hydroxylation is 1. The first-order valence-electron chi connectivity index (χ1n) is 4.99. The summed E-state index contributed by atoms with van der Waals surface area (Å²) in [6.07, 6.45) is 0. The van der Waals surface area contributed by atoms with Gasteiger partial charge < -0.3 is 11.1 Å². The topological polar surface area (TPSA) is 93.8 Å². The van der Waals surface area contributed by atoms with Crippen molar-refractivity contribution in [3.05, 3.63) is 41.7 Å². The molecular formula is C11H11N5O. The number of nitrogen functional groups attached to an aromatic ring is 1. The fourth-order valence-electron chi connectivity index (χ4n) is 1.26. The zero-order chi connectivity index (χ0) is 12.3. The molecule has 0 atom stereocenters. The molecule has 1 amide bonds. The zero-order valence-electron chi connectivity index (χ0n) is 9.21. The number of anilines is 2. The van der Waals surface area contributed by atoms with E-state index in [9.17, 15) is 4.79 Å². The highest BCUT2D eigenvalue weighted by Gasteiger charge is 2.08. The van der Waals surface area contributed by atoms with E-state index in [4.69, 9.17) is 5.73 Å². The Morgan fingerprint density at radius 3 is 2.71 bits per heavy atom. The fraction of sp³-hybridized carbons (Fsp3) is 0.0909. The smallest absolute Gasteiger partial charge is 0.277 e. The van der Waals surface area contributed by atoms with E-state index in [-0.39, 0.29) is 17.4 Å². The molecule has 0 radical (unpaired) electrons. The van der Waals surface area contributed by atoms with Crippen LogP contribution in [0.5, 0.6) is 0 Å².